The Hall–Kier alpha value is -1.64. The zero-order valence-corrected chi connectivity index (χ0v) is 10.1. The first kappa shape index (κ1) is 10.9. The lowest BCUT2D eigenvalue weighted by molar-refractivity contribution is 0.415. The third-order valence-corrected chi connectivity index (χ3v) is 2.55. The number of methoxy groups -OCH3 is 1. The van der Waals surface area contributed by atoms with Crippen LogP contribution in [0.5, 0.6) is 5.75 Å². The third kappa shape index (κ3) is 1.85. The van der Waals surface area contributed by atoms with Crippen LogP contribution in [0.2, 0.25) is 0 Å². The van der Waals surface area contributed by atoms with E-state index in [-0.39, 0.29) is 5.41 Å². The highest BCUT2D eigenvalue weighted by molar-refractivity contribution is 5.83. The molecule has 0 radical (unpaired) electrons. The van der Waals surface area contributed by atoms with Gasteiger partial charge in [0.05, 0.1) is 18.3 Å². The Labute approximate surface area is 95.5 Å². The third-order valence-electron chi connectivity index (χ3n) is 2.55. The summed E-state index contributed by atoms with van der Waals surface area (Å²) in [6.07, 6.45) is 1.62. The van der Waals surface area contributed by atoms with Crippen LogP contribution in [0, 0.1) is 0 Å². The van der Waals surface area contributed by atoms with Gasteiger partial charge in [-0.25, -0.2) is 9.97 Å². The number of hydrogen-bond donors (Lipinski definition) is 0. The van der Waals surface area contributed by atoms with E-state index in [1.165, 1.54) is 0 Å². The standard InChI is InChI=1S/C13H16N2O/c1-13(2,3)12-10-7-9(16-4)5-6-11(10)14-8-15-12/h5-8H,1-4H3. The number of rotatable bonds is 1. The van der Waals surface area contributed by atoms with E-state index in [1.54, 1.807) is 13.4 Å². The van der Waals surface area contributed by atoms with Crippen molar-refractivity contribution in [1.82, 2.24) is 9.97 Å². The fourth-order valence-electron chi connectivity index (χ4n) is 1.76. The number of hydrogen-bond acceptors (Lipinski definition) is 3. The summed E-state index contributed by atoms with van der Waals surface area (Å²) in [6.45, 7) is 6.44. The molecule has 0 aliphatic carbocycles. The quantitative estimate of drug-likeness (QED) is 0.735. The Morgan fingerprint density at radius 1 is 1.12 bits per heavy atom. The van der Waals surface area contributed by atoms with Gasteiger partial charge < -0.3 is 4.74 Å². The Kier molecular flexibility index (Phi) is 2.54. The average molecular weight is 216 g/mol. The maximum atomic E-state index is 5.23. The molecule has 1 aromatic carbocycles. The molecule has 0 fully saturated rings. The van der Waals surface area contributed by atoms with Crippen molar-refractivity contribution in [3.05, 3.63) is 30.2 Å². The monoisotopic (exact) mass is 216 g/mol. The van der Waals surface area contributed by atoms with E-state index in [0.29, 0.717) is 0 Å². The molecule has 1 aromatic heterocycles. The fourth-order valence-corrected chi connectivity index (χ4v) is 1.76. The lowest BCUT2D eigenvalue weighted by atomic mass is 9.89. The van der Waals surface area contributed by atoms with E-state index in [1.807, 2.05) is 18.2 Å². The van der Waals surface area contributed by atoms with E-state index < -0.39 is 0 Å². The zero-order valence-electron chi connectivity index (χ0n) is 10.1. The Bertz CT molecular complexity index is 515. The van der Waals surface area contributed by atoms with Gasteiger partial charge in [-0.05, 0) is 18.2 Å². The number of benzene rings is 1. The maximum Gasteiger partial charge on any atom is 0.119 e. The lowest BCUT2D eigenvalue weighted by Crippen LogP contribution is -2.14. The first-order valence-electron chi connectivity index (χ1n) is 5.31. The first-order valence-corrected chi connectivity index (χ1v) is 5.31. The van der Waals surface area contributed by atoms with Crippen LogP contribution in [-0.4, -0.2) is 17.1 Å². The van der Waals surface area contributed by atoms with Gasteiger partial charge in [0, 0.05) is 10.8 Å². The molecule has 3 heteroatoms. The number of nitrogens with zero attached hydrogens (tertiary/aromatic N) is 2. The van der Waals surface area contributed by atoms with Crippen LogP contribution in [0.1, 0.15) is 26.5 Å². The van der Waals surface area contributed by atoms with E-state index in [9.17, 15) is 0 Å². The SMILES string of the molecule is COc1ccc2ncnc(C(C)(C)C)c2c1. The summed E-state index contributed by atoms with van der Waals surface area (Å²) in [5, 5.41) is 1.06. The van der Waals surface area contributed by atoms with Crippen molar-refractivity contribution < 1.29 is 4.74 Å². The molecule has 0 aliphatic rings. The van der Waals surface area contributed by atoms with Gasteiger partial charge in [-0.3, -0.25) is 0 Å². The average Bonchev–Trinajstić information content (AvgIpc) is 2.26. The van der Waals surface area contributed by atoms with Crippen LogP contribution < -0.4 is 4.74 Å². The second-order valence-electron chi connectivity index (χ2n) is 4.86. The molecule has 0 saturated carbocycles. The van der Waals surface area contributed by atoms with Gasteiger partial charge in [-0.2, -0.15) is 0 Å². The molecule has 0 saturated heterocycles. The summed E-state index contributed by atoms with van der Waals surface area (Å²) >= 11 is 0. The normalized spacial score (nSPS) is 11.8. The minimum Gasteiger partial charge on any atom is -0.497 e. The second-order valence-corrected chi connectivity index (χ2v) is 4.86. The summed E-state index contributed by atoms with van der Waals surface area (Å²) in [6, 6.07) is 5.88. The molecule has 0 atom stereocenters. The van der Waals surface area contributed by atoms with Crippen LogP contribution in [-0.2, 0) is 5.41 Å². The molecule has 0 aliphatic heterocycles. The number of aromatic nitrogens is 2. The van der Waals surface area contributed by atoms with Gasteiger partial charge in [0.1, 0.15) is 12.1 Å². The highest BCUT2D eigenvalue weighted by Gasteiger charge is 2.19. The summed E-state index contributed by atoms with van der Waals surface area (Å²) in [5.74, 6) is 0.841. The van der Waals surface area contributed by atoms with Gasteiger partial charge in [0.2, 0.25) is 0 Å². The Morgan fingerprint density at radius 3 is 2.50 bits per heavy atom. The van der Waals surface area contributed by atoms with Gasteiger partial charge in [0.15, 0.2) is 0 Å². The molecular formula is C13H16N2O. The van der Waals surface area contributed by atoms with Gasteiger partial charge in [-0.15, -0.1) is 0 Å². The van der Waals surface area contributed by atoms with E-state index in [4.69, 9.17) is 4.74 Å². The molecule has 1 heterocycles. The molecule has 0 spiro atoms. The van der Waals surface area contributed by atoms with Crippen LogP contribution in [0.15, 0.2) is 24.5 Å². The molecule has 0 amide bonds. The first-order chi connectivity index (χ1) is 7.52. The van der Waals surface area contributed by atoms with Crippen molar-refractivity contribution >= 4 is 10.9 Å². The second kappa shape index (κ2) is 3.74. The molecule has 2 rings (SSSR count). The van der Waals surface area contributed by atoms with Crippen LogP contribution in [0.3, 0.4) is 0 Å². The highest BCUT2D eigenvalue weighted by Crippen LogP contribution is 2.29. The predicted molar refractivity (Wildman–Crippen MR) is 64.8 cm³/mol. The number of fused-ring (bicyclic) bond motifs is 1. The summed E-state index contributed by atoms with van der Waals surface area (Å²) < 4.78 is 5.23. The van der Waals surface area contributed by atoms with Crippen LogP contribution >= 0.6 is 0 Å². The van der Waals surface area contributed by atoms with Crippen molar-refractivity contribution in [2.45, 2.75) is 26.2 Å². The highest BCUT2D eigenvalue weighted by atomic mass is 16.5. The Morgan fingerprint density at radius 2 is 1.88 bits per heavy atom. The topological polar surface area (TPSA) is 35.0 Å². The minimum atomic E-state index is 0.00749. The predicted octanol–water partition coefficient (Wildman–Crippen LogP) is 2.94. The molecule has 84 valence electrons. The van der Waals surface area contributed by atoms with Gasteiger partial charge >= 0.3 is 0 Å². The molecule has 0 bridgehead atoms. The van der Waals surface area contributed by atoms with Gasteiger partial charge in [0.25, 0.3) is 0 Å². The fraction of sp³-hybridized carbons (Fsp3) is 0.385. The smallest absolute Gasteiger partial charge is 0.119 e. The summed E-state index contributed by atoms with van der Waals surface area (Å²) in [5.41, 5.74) is 2.02. The van der Waals surface area contributed by atoms with Crippen molar-refractivity contribution in [1.29, 1.82) is 0 Å². The van der Waals surface area contributed by atoms with Crippen molar-refractivity contribution in [2.75, 3.05) is 7.11 Å². The largest absolute Gasteiger partial charge is 0.497 e. The molecular weight excluding hydrogens is 200 g/mol. The molecule has 0 N–H and O–H groups in total. The lowest BCUT2D eigenvalue weighted by Gasteiger charge is -2.19. The van der Waals surface area contributed by atoms with Crippen molar-refractivity contribution in [3.63, 3.8) is 0 Å². The Balaban J connectivity index is 2.74. The zero-order chi connectivity index (χ0) is 11.8. The molecule has 0 unspecified atom stereocenters. The maximum absolute atomic E-state index is 5.23. The molecule has 2 aromatic rings. The van der Waals surface area contributed by atoms with E-state index >= 15 is 0 Å². The van der Waals surface area contributed by atoms with E-state index in [2.05, 4.69) is 30.7 Å². The number of ether oxygens (including phenoxy) is 1. The molecule has 3 nitrogen and oxygen atoms in total. The minimum absolute atomic E-state index is 0.00749. The van der Waals surface area contributed by atoms with Crippen molar-refractivity contribution in [2.24, 2.45) is 0 Å². The van der Waals surface area contributed by atoms with E-state index in [0.717, 1.165) is 22.3 Å². The van der Waals surface area contributed by atoms with Gasteiger partial charge in [-0.1, -0.05) is 20.8 Å². The summed E-state index contributed by atoms with van der Waals surface area (Å²) in [4.78, 5) is 8.65. The van der Waals surface area contributed by atoms with Crippen LogP contribution in [0.25, 0.3) is 10.9 Å². The molecule has 16 heavy (non-hydrogen) atoms. The summed E-state index contributed by atoms with van der Waals surface area (Å²) in [7, 11) is 1.67. The van der Waals surface area contributed by atoms with Crippen molar-refractivity contribution in [3.8, 4) is 5.75 Å². The van der Waals surface area contributed by atoms with Crippen LogP contribution in [0.4, 0.5) is 0 Å².